The summed E-state index contributed by atoms with van der Waals surface area (Å²) in [5, 5.41) is 13.8. The number of phosphoric ester groups is 1. The van der Waals surface area contributed by atoms with E-state index in [1.165, 1.54) is 128 Å². The van der Waals surface area contributed by atoms with Crippen molar-refractivity contribution in [2.24, 2.45) is 0 Å². The number of likely N-dealkylation sites (N-methyl/N-ethyl adjacent to an activating group) is 1. The molecular weight excluding hydrogens is 719 g/mol. The maximum absolute atomic E-state index is 12.9. The Labute approximate surface area is 346 Å². The van der Waals surface area contributed by atoms with Crippen LogP contribution in [0, 0.1) is 0 Å². The van der Waals surface area contributed by atoms with E-state index in [9.17, 15) is 19.4 Å². The first-order chi connectivity index (χ1) is 27.0. The van der Waals surface area contributed by atoms with E-state index in [1.54, 1.807) is 6.08 Å². The second kappa shape index (κ2) is 38.9. The molecule has 8 nitrogen and oxygen atoms in total. The van der Waals surface area contributed by atoms with Crippen molar-refractivity contribution in [2.75, 3.05) is 40.9 Å². The Morgan fingerprint density at radius 3 is 1.43 bits per heavy atom. The zero-order chi connectivity index (χ0) is 41.4. The summed E-state index contributed by atoms with van der Waals surface area (Å²) in [6.07, 6.45) is 48.9. The van der Waals surface area contributed by atoms with Gasteiger partial charge in [-0.3, -0.25) is 13.8 Å². The number of allylic oxidation sites excluding steroid dienone is 7. The lowest BCUT2D eigenvalue weighted by molar-refractivity contribution is -0.870. The lowest BCUT2D eigenvalue weighted by Crippen LogP contribution is -2.45. The number of unbranched alkanes of at least 4 members (excludes halogenated alkanes) is 22. The average molecular weight is 810 g/mol. The highest BCUT2D eigenvalue weighted by atomic mass is 31.2. The zero-order valence-corrected chi connectivity index (χ0v) is 38.0. The van der Waals surface area contributed by atoms with Gasteiger partial charge in [0.05, 0.1) is 39.9 Å². The van der Waals surface area contributed by atoms with Gasteiger partial charge < -0.3 is 19.8 Å². The maximum Gasteiger partial charge on any atom is 0.472 e. The van der Waals surface area contributed by atoms with Crippen LogP contribution in [0.3, 0.4) is 0 Å². The first kappa shape index (κ1) is 54.5. The third kappa shape index (κ3) is 40.6. The normalized spacial score (nSPS) is 14.8. The predicted molar refractivity (Wildman–Crippen MR) is 240 cm³/mol. The van der Waals surface area contributed by atoms with Crippen molar-refractivity contribution in [3.63, 3.8) is 0 Å². The van der Waals surface area contributed by atoms with E-state index >= 15 is 0 Å². The van der Waals surface area contributed by atoms with Gasteiger partial charge in [-0.2, -0.15) is 0 Å². The molecule has 0 aromatic heterocycles. The van der Waals surface area contributed by atoms with E-state index in [4.69, 9.17) is 9.05 Å². The van der Waals surface area contributed by atoms with E-state index in [2.05, 4.69) is 55.6 Å². The Balaban J connectivity index is 4.48. The fourth-order valence-electron chi connectivity index (χ4n) is 6.30. The Morgan fingerprint density at radius 1 is 0.589 bits per heavy atom. The van der Waals surface area contributed by atoms with Gasteiger partial charge >= 0.3 is 7.82 Å². The van der Waals surface area contributed by atoms with Gasteiger partial charge in [0.1, 0.15) is 13.2 Å². The standard InChI is InChI=1S/C47H89N2O6P/c1-6-8-10-12-14-16-18-20-22-24-25-27-29-31-33-35-37-39-41-47(51)48-45(44-55-56(52,53)54-43-42-49(3,4)5)46(50)40-38-36-34-32-30-28-26-23-21-19-17-15-13-11-9-7-2/h21-24,30,32,38,40,45-46,50H,6-20,25-29,31,33-37,39,41-44H2,1-5H3,(H-,48,51,52,53)/p+1/b23-21+,24-22-,32-30+,40-38+. The summed E-state index contributed by atoms with van der Waals surface area (Å²) in [6, 6.07) is -0.871. The predicted octanol–water partition coefficient (Wildman–Crippen LogP) is 12.9. The Morgan fingerprint density at radius 2 is 0.982 bits per heavy atom. The van der Waals surface area contributed by atoms with E-state index in [0.29, 0.717) is 17.4 Å². The molecule has 0 rings (SSSR count). The van der Waals surface area contributed by atoms with Gasteiger partial charge in [0, 0.05) is 6.42 Å². The van der Waals surface area contributed by atoms with Crippen molar-refractivity contribution < 1.29 is 32.9 Å². The van der Waals surface area contributed by atoms with Crippen LogP contribution in [0.5, 0.6) is 0 Å². The fourth-order valence-corrected chi connectivity index (χ4v) is 7.04. The van der Waals surface area contributed by atoms with Gasteiger partial charge in [-0.1, -0.05) is 165 Å². The fraction of sp³-hybridized carbons (Fsp3) is 0.809. The molecule has 0 aliphatic carbocycles. The molecule has 9 heteroatoms. The van der Waals surface area contributed by atoms with Gasteiger partial charge in [0.15, 0.2) is 0 Å². The van der Waals surface area contributed by atoms with Crippen molar-refractivity contribution in [1.82, 2.24) is 5.32 Å². The highest BCUT2D eigenvalue weighted by molar-refractivity contribution is 7.47. The van der Waals surface area contributed by atoms with Crippen molar-refractivity contribution in [3.8, 4) is 0 Å². The summed E-state index contributed by atoms with van der Waals surface area (Å²) in [6.45, 7) is 4.76. The van der Waals surface area contributed by atoms with Crippen LogP contribution in [0.25, 0.3) is 0 Å². The molecule has 0 saturated heterocycles. The van der Waals surface area contributed by atoms with Gasteiger partial charge in [0.25, 0.3) is 0 Å². The average Bonchev–Trinajstić information content (AvgIpc) is 3.15. The third-order valence-electron chi connectivity index (χ3n) is 10.00. The number of hydrogen-bond donors (Lipinski definition) is 3. The molecule has 0 heterocycles. The number of hydrogen-bond acceptors (Lipinski definition) is 5. The molecule has 0 spiro atoms. The molecule has 0 aromatic carbocycles. The Hall–Kier alpha value is -1.54. The summed E-state index contributed by atoms with van der Waals surface area (Å²) < 4.78 is 23.5. The first-order valence-electron chi connectivity index (χ1n) is 23.0. The topological polar surface area (TPSA) is 105 Å². The van der Waals surface area contributed by atoms with Gasteiger partial charge in [-0.15, -0.1) is 0 Å². The summed E-state index contributed by atoms with van der Waals surface area (Å²) in [4.78, 5) is 23.1. The van der Waals surface area contributed by atoms with Crippen LogP contribution in [0.15, 0.2) is 48.6 Å². The number of nitrogens with one attached hydrogen (secondary N) is 1. The van der Waals surface area contributed by atoms with Crippen molar-refractivity contribution in [2.45, 2.75) is 206 Å². The number of rotatable bonds is 41. The monoisotopic (exact) mass is 810 g/mol. The van der Waals surface area contributed by atoms with E-state index in [0.717, 1.165) is 44.9 Å². The molecule has 0 aromatic rings. The zero-order valence-electron chi connectivity index (χ0n) is 37.1. The van der Waals surface area contributed by atoms with Crippen LogP contribution in [-0.4, -0.2) is 73.4 Å². The molecule has 328 valence electrons. The number of aliphatic hydroxyl groups is 1. The molecule has 0 fully saturated rings. The molecule has 0 aliphatic rings. The number of quaternary nitrogens is 1. The summed E-state index contributed by atoms with van der Waals surface area (Å²) in [5.41, 5.74) is 0. The second-order valence-electron chi connectivity index (χ2n) is 16.8. The quantitative estimate of drug-likeness (QED) is 0.0246. The van der Waals surface area contributed by atoms with Gasteiger partial charge in [-0.05, 0) is 70.6 Å². The molecule has 0 saturated carbocycles. The highest BCUT2D eigenvalue weighted by Gasteiger charge is 2.27. The van der Waals surface area contributed by atoms with Crippen LogP contribution in [0.1, 0.15) is 194 Å². The number of carbonyl (C=O) groups is 1. The molecule has 3 unspecified atom stereocenters. The molecule has 56 heavy (non-hydrogen) atoms. The SMILES string of the molecule is CCCCCCCC/C=C/CC/C=C/CC/C=C/C(O)C(COP(=O)(O)OCC[N+](C)(C)C)NC(=O)CCCCCCCCC/C=C\CCCCCCCCC. The lowest BCUT2D eigenvalue weighted by Gasteiger charge is -2.25. The van der Waals surface area contributed by atoms with Gasteiger partial charge in [0.2, 0.25) is 5.91 Å². The number of phosphoric acid groups is 1. The maximum atomic E-state index is 12.9. The van der Waals surface area contributed by atoms with E-state index in [-0.39, 0.29) is 19.1 Å². The first-order valence-corrected chi connectivity index (χ1v) is 24.5. The molecule has 3 N–H and O–H groups in total. The smallest absolute Gasteiger partial charge is 0.387 e. The van der Waals surface area contributed by atoms with Crippen LogP contribution >= 0.6 is 7.82 Å². The summed E-state index contributed by atoms with van der Waals surface area (Å²) in [7, 11) is 1.54. The summed E-state index contributed by atoms with van der Waals surface area (Å²) >= 11 is 0. The summed E-state index contributed by atoms with van der Waals surface area (Å²) in [5.74, 6) is -0.197. The number of nitrogens with zero attached hydrogens (tertiary/aromatic N) is 1. The number of amides is 1. The largest absolute Gasteiger partial charge is 0.472 e. The molecule has 0 bridgehead atoms. The minimum Gasteiger partial charge on any atom is -0.387 e. The minimum atomic E-state index is -4.35. The minimum absolute atomic E-state index is 0.0518. The molecule has 0 radical (unpaired) electrons. The lowest BCUT2D eigenvalue weighted by atomic mass is 10.1. The van der Waals surface area contributed by atoms with E-state index < -0.39 is 20.0 Å². The van der Waals surface area contributed by atoms with Crippen LogP contribution in [0.4, 0.5) is 0 Å². The molecule has 3 atom stereocenters. The Bertz CT molecular complexity index is 1050. The van der Waals surface area contributed by atoms with Gasteiger partial charge in [-0.25, -0.2) is 4.57 Å². The molecular formula is C47H90N2O6P+. The molecule has 1 amide bonds. The van der Waals surface area contributed by atoms with Crippen molar-refractivity contribution in [3.05, 3.63) is 48.6 Å². The van der Waals surface area contributed by atoms with Crippen molar-refractivity contribution >= 4 is 13.7 Å². The Kier molecular flexibility index (Phi) is 37.9. The second-order valence-corrected chi connectivity index (χ2v) is 18.2. The van der Waals surface area contributed by atoms with Crippen LogP contribution in [0.2, 0.25) is 0 Å². The van der Waals surface area contributed by atoms with Crippen LogP contribution in [-0.2, 0) is 18.4 Å². The van der Waals surface area contributed by atoms with Crippen LogP contribution < -0.4 is 5.32 Å². The third-order valence-corrected chi connectivity index (χ3v) is 11.0. The number of aliphatic hydroxyl groups excluding tert-OH is 1. The highest BCUT2D eigenvalue weighted by Crippen LogP contribution is 2.43. The number of carbonyl (C=O) groups excluding carboxylic acids is 1. The van der Waals surface area contributed by atoms with Crippen molar-refractivity contribution in [1.29, 1.82) is 0 Å². The van der Waals surface area contributed by atoms with E-state index in [1.807, 2.05) is 27.2 Å². The molecule has 0 aliphatic heterocycles.